The van der Waals surface area contributed by atoms with Gasteiger partial charge in [-0.15, -0.1) is 0 Å². The summed E-state index contributed by atoms with van der Waals surface area (Å²) in [4.78, 5) is 0. The summed E-state index contributed by atoms with van der Waals surface area (Å²) < 4.78 is 5.71. The molecule has 2 unspecified atom stereocenters. The van der Waals surface area contributed by atoms with Gasteiger partial charge in [0.05, 0.1) is 6.61 Å². The van der Waals surface area contributed by atoms with Gasteiger partial charge in [0, 0.05) is 13.0 Å². The summed E-state index contributed by atoms with van der Waals surface area (Å²) in [7, 11) is 0. The average Bonchev–Trinajstić information content (AvgIpc) is 2.25. The lowest BCUT2D eigenvalue weighted by Gasteiger charge is -2.28. The van der Waals surface area contributed by atoms with Gasteiger partial charge in [-0.3, -0.25) is 5.32 Å². The predicted molar refractivity (Wildman–Crippen MR) is 61.8 cm³/mol. The highest BCUT2D eigenvalue weighted by Crippen LogP contribution is 2.11. The minimum atomic E-state index is 0.198. The normalized spacial score (nSPS) is 26.5. The molecule has 0 radical (unpaired) electrons. The molecule has 1 aliphatic rings. The first-order chi connectivity index (χ1) is 7.24. The molecule has 1 aliphatic heterocycles. The molecular formula is C13H19NO. The highest BCUT2D eigenvalue weighted by molar-refractivity contribution is 5.21. The Morgan fingerprint density at radius 1 is 1.33 bits per heavy atom. The Hall–Kier alpha value is -0.860. The third-order valence-corrected chi connectivity index (χ3v) is 2.82. The van der Waals surface area contributed by atoms with Crippen molar-refractivity contribution in [2.75, 3.05) is 13.2 Å². The van der Waals surface area contributed by atoms with E-state index in [2.05, 4.69) is 43.4 Å². The minimum absolute atomic E-state index is 0.198. The van der Waals surface area contributed by atoms with E-state index in [1.807, 2.05) is 0 Å². The zero-order chi connectivity index (χ0) is 10.7. The van der Waals surface area contributed by atoms with Crippen LogP contribution in [0.4, 0.5) is 0 Å². The van der Waals surface area contributed by atoms with Crippen LogP contribution in [0.3, 0.4) is 0 Å². The first kappa shape index (κ1) is 10.7. The molecule has 1 fully saturated rings. The summed E-state index contributed by atoms with van der Waals surface area (Å²) in [5.74, 6) is 0.638. The van der Waals surface area contributed by atoms with Crippen molar-refractivity contribution in [3.63, 3.8) is 0 Å². The number of benzene rings is 1. The Bertz CT molecular complexity index is 299. The number of hydrogen-bond donors (Lipinski definition) is 1. The van der Waals surface area contributed by atoms with Crippen LogP contribution >= 0.6 is 0 Å². The number of hydrogen-bond acceptors (Lipinski definition) is 2. The van der Waals surface area contributed by atoms with E-state index in [-0.39, 0.29) is 6.23 Å². The Morgan fingerprint density at radius 2 is 2.07 bits per heavy atom. The Morgan fingerprint density at radius 3 is 2.67 bits per heavy atom. The van der Waals surface area contributed by atoms with Crippen molar-refractivity contribution < 1.29 is 4.74 Å². The average molecular weight is 205 g/mol. The van der Waals surface area contributed by atoms with Crippen LogP contribution in [0.2, 0.25) is 0 Å². The standard InChI is InChI=1S/C13H19NO/c1-10-3-5-12(6-4-10)7-13-14-8-11(2)9-15-13/h3-6,11,13-14H,7-9H2,1-2H3. The smallest absolute Gasteiger partial charge is 0.112 e. The minimum Gasteiger partial charge on any atom is -0.363 e. The molecule has 2 heteroatoms. The lowest BCUT2D eigenvalue weighted by molar-refractivity contribution is -0.0228. The molecule has 2 rings (SSSR count). The predicted octanol–water partition coefficient (Wildman–Crippen LogP) is 2.12. The molecule has 1 aromatic rings. The maximum atomic E-state index is 5.71. The van der Waals surface area contributed by atoms with Gasteiger partial charge in [0.15, 0.2) is 0 Å². The quantitative estimate of drug-likeness (QED) is 0.798. The van der Waals surface area contributed by atoms with Gasteiger partial charge in [0.25, 0.3) is 0 Å². The maximum absolute atomic E-state index is 5.71. The molecule has 82 valence electrons. The third kappa shape index (κ3) is 3.05. The lowest BCUT2D eigenvalue weighted by Crippen LogP contribution is -2.43. The molecule has 1 aromatic carbocycles. The van der Waals surface area contributed by atoms with Gasteiger partial charge in [-0.05, 0) is 18.4 Å². The highest BCUT2D eigenvalue weighted by Gasteiger charge is 2.17. The monoisotopic (exact) mass is 205 g/mol. The van der Waals surface area contributed by atoms with Crippen LogP contribution < -0.4 is 5.32 Å². The van der Waals surface area contributed by atoms with Crippen molar-refractivity contribution in [3.05, 3.63) is 35.4 Å². The van der Waals surface area contributed by atoms with Crippen molar-refractivity contribution in [2.45, 2.75) is 26.5 Å². The summed E-state index contributed by atoms with van der Waals surface area (Å²) in [5, 5.41) is 3.41. The van der Waals surface area contributed by atoms with Gasteiger partial charge >= 0.3 is 0 Å². The molecule has 0 saturated carbocycles. The van der Waals surface area contributed by atoms with Gasteiger partial charge < -0.3 is 4.74 Å². The molecule has 0 spiro atoms. The maximum Gasteiger partial charge on any atom is 0.112 e. The van der Waals surface area contributed by atoms with Crippen LogP contribution in [0.1, 0.15) is 18.1 Å². The van der Waals surface area contributed by atoms with Gasteiger partial charge in [-0.1, -0.05) is 36.8 Å². The molecule has 2 nitrogen and oxygen atoms in total. The molecule has 1 heterocycles. The largest absolute Gasteiger partial charge is 0.363 e. The molecule has 1 saturated heterocycles. The van der Waals surface area contributed by atoms with Crippen LogP contribution in [0.15, 0.2) is 24.3 Å². The van der Waals surface area contributed by atoms with E-state index >= 15 is 0 Å². The van der Waals surface area contributed by atoms with Crippen molar-refractivity contribution >= 4 is 0 Å². The molecule has 15 heavy (non-hydrogen) atoms. The van der Waals surface area contributed by atoms with Crippen molar-refractivity contribution in [2.24, 2.45) is 5.92 Å². The van der Waals surface area contributed by atoms with E-state index in [9.17, 15) is 0 Å². The topological polar surface area (TPSA) is 21.3 Å². The van der Waals surface area contributed by atoms with Crippen molar-refractivity contribution in [1.29, 1.82) is 0 Å². The second-order valence-electron chi connectivity index (χ2n) is 4.53. The second kappa shape index (κ2) is 4.77. The Balaban J connectivity index is 1.89. The SMILES string of the molecule is Cc1ccc(CC2NCC(C)CO2)cc1. The number of ether oxygens (including phenoxy) is 1. The summed E-state index contributed by atoms with van der Waals surface area (Å²) in [6.45, 7) is 6.26. The van der Waals surface area contributed by atoms with Crippen LogP contribution in [0.5, 0.6) is 0 Å². The van der Waals surface area contributed by atoms with E-state index in [0.717, 1.165) is 19.6 Å². The highest BCUT2D eigenvalue weighted by atomic mass is 16.5. The fourth-order valence-corrected chi connectivity index (χ4v) is 1.80. The van der Waals surface area contributed by atoms with Gasteiger partial charge in [0.2, 0.25) is 0 Å². The first-order valence-corrected chi connectivity index (χ1v) is 5.64. The number of nitrogens with one attached hydrogen (secondary N) is 1. The number of rotatable bonds is 2. The van der Waals surface area contributed by atoms with E-state index in [1.165, 1.54) is 11.1 Å². The fourth-order valence-electron chi connectivity index (χ4n) is 1.80. The molecule has 0 amide bonds. The van der Waals surface area contributed by atoms with Crippen molar-refractivity contribution in [3.8, 4) is 0 Å². The van der Waals surface area contributed by atoms with Crippen molar-refractivity contribution in [1.82, 2.24) is 5.32 Å². The summed E-state index contributed by atoms with van der Waals surface area (Å²) in [6.07, 6.45) is 1.16. The third-order valence-electron chi connectivity index (χ3n) is 2.82. The van der Waals surface area contributed by atoms with E-state index in [4.69, 9.17) is 4.74 Å². The molecule has 0 aliphatic carbocycles. The number of aryl methyl sites for hydroxylation is 1. The first-order valence-electron chi connectivity index (χ1n) is 5.64. The summed E-state index contributed by atoms with van der Waals surface area (Å²) in [6, 6.07) is 8.67. The lowest BCUT2D eigenvalue weighted by atomic mass is 10.1. The Kier molecular flexibility index (Phi) is 3.39. The second-order valence-corrected chi connectivity index (χ2v) is 4.53. The van der Waals surface area contributed by atoms with Crippen LogP contribution in [-0.2, 0) is 11.2 Å². The van der Waals surface area contributed by atoms with E-state index < -0.39 is 0 Å². The van der Waals surface area contributed by atoms with E-state index in [0.29, 0.717) is 5.92 Å². The summed E-state index contributed by atoms with van der Waals surface area (Å²) in [5.41, 5.74) is 2.65. The van der Waals surface area contributed by atoms with Gasteiger partial charge in [-0.25, -0.2) is 0 Å². The molecule has 0 bridgehead atoms. The fraction of sp³-hybridized carbons (Fsp3) is 0.538. The molecule has 1 N–H and O–H groups in total. The van der Waals surface area contributed by atoms with Gasteiger partial charge in [0.1, 0.15) is 6.23 Å². The van der Waals surface area contributed by atoms with Crippen LogP contribution in [-0.4, -0.2) is 19.4 Å². The van der Waals surface area contributed by atoms with Crippen LogP contribution in [0, 0.1) is 12.8 Å². The zero-order valence-electron chi connectivity index (χ0n) is 9.49. The van der Waals surface area contributed by atoms with Crippen LogP contribution in [0.25, 0.3) is 0 Å². The molecule has 2 atom stereocenters. The van der Waals surface area contributed by atoms with E-state index in [1.54, 1.807) is 0 Å². The molecule has 0 aromatic heterocycles. The summed E-state index contributed by atoms with van der Waals surface area (Å²) >= 11 is 0. The van der Waals surface area contributed by atoms with Gasteiger partial charge in [-0.2, -0.15) is 0 Å². The Labute approximate surface area is 91.6 Å². The zero-order valence-corrected chi connectivity index (χ0v) is 9.49. The molecular weight excluding hydrogens is 186 g/mol.